The average Bonchev–Trinajstić information content (AvgIpc) is 3.07. The maximum atomic E-state index is 13.3. The van der Waals surface area contributed by atoms with Crippen molar-refractivity contribution in [1.82, 2.24) is 10.2 Å². The van der Waals surface area contributed by atoms with Gasteiger partial charge in [-0.25, -0.2) is 0 Å². The van der Waals surface area contributed by atoms with E-state index in [0.717, 1.165) is 32.1 Å². The van der Waals surface area contributed by atoms with E-state index in [2.05, 4.69) is 5.32 Å². The number of fused-ring (bicyclic) bond motifs is 2. The van der Waals surface area contributed by atoms with Crippen molar-refractivity contribution in [3.63, 3.8) is 0 Å². The van der Waals surface area contributed by atoms with Crippen molar-refractivity contribution in [3.05, 3.63) is 0 Å². The summed E-state index contributed by atoms with van der Waals surface area (Å²) in [6, 6.07) is 0.679. The van der Waals surface area contributed by atoms with Crippen LogP contribution in [0.25, 0.3) is 0 Å². The third-order valence-electron chi connectivity index (χ3n) is 5.13. The number of hydrogen-bond donors (Lipinski definition) is 1. The second-order valence-electron chi connectivity index (χ2n) is 6.13. The molecule has 3 rings (SSSR count). The van der Waals surface area contributed by atoms with Gasteiger partial charge < -0.3 is 5.32 Å². The zero-order chi connectivity index (χ0) is 13.0. The van der Waals surface area contributed by atoms with Gasteiger partial charge in [-0.2, -0.15) is 13.2 Å². The van der Waals surface area contributed by atoms with Crippen molar-refractivity contribution in [2.45, 2.75) is 74.8 Å². The summed E-state index contributed by atoms with van der Waals surface area (Å²) in [4.78, 5) is 1.87. The van der Waals surface area contributed by atoms with Gasteiger partial charge in [-0.15, -0.1) is 0 Å². The Hall–Kier alpha value is -0.290. The first kappa shape index (κ1) is 12.7. The molecule has 0 spiro atoms. The van der Waals surface area contributed by atoms with Crippen LogP contribution in [0.4, 0.5) is 13.2 Å². The summed E-state index contributed by atoms with van der Waals surface area (Å²) in [5, 5.41) is 3.26. The maximum absolute atomic E-state index is 13.3. The van der Waals surface area contributed by atoms with Gasteiger partial charge in [-0.1, -0.05) is 6.42 Å². The zero-order valence-corrected chi connectivity index (χ0v) is 10.8. The lowest BCUT2D eigenvalue weighted by molar-refractivity contribution is -0.220. The van der Waals surface area contributed by atoms with Crippen molar-refractivity contribution in [2.75, 3.05) is 7.05 Å². The van der Waals surface area contributed by atoms with Crippen LogP contribution >= 0.6 is 0 Å². The van der Waals surface area contributed by atoms with E-state index in [1.165, 1.54) is 0 Å². The number of nitrogens with zero attached hydrogens (tertiary/aromatic N) is 1. The molecule has 2 saturated heterocycles. The molecule has 2 nitrogen and oxygen atoms in total. The first-order chi connectivity index (χ1) is 8.48. The molecule has 0 aromatic heterocycles. The second-order valence-corrected chi connectivity index (χ2v) is 6.13. The number of halogens is 3. The summed E-state index contributed by atoms with van der Waals surface area (Å²) in [5.41, 5.74) is -1.46. The van der Waals surface area contributed by atoms with E-state index in [1.807, 2.05) is 11.9 Å². The normalized spacial score (nSPS) is 39.7. The minimum Gasteiger partial charge on any atom is -0.317 e. The fourth-order valence-corrected chi connectivity index (χ4v) is 4.12. The Kier molecular flexibility index (Phi) is 2.90. The molecule has 0 aromatic carbocycles. The lowest BCUT2D eigenvalue weighted by Gasteiger charge is -2.53. The molecular weight excluding hydrogens is 241 g/mol. The molecule has 2 bridgehead atoms. The number of nitrogens with one attached hydrogen (secondary N) is 1. The van der Waals surface area contributed by atoms with Crippen molar-refractivity contribution in [3.8, 4) is 0 Å². The first-order valence-electron chi connectivity index (χ1n) is 7.00. The van der Waals surface area contributed by atoms with E-state index >= 15 is 0 Å². The van der Waals surface area contributed by atoms with Crippen LogP contribution in [0.5, 0.6) is 0 Å². The van der Waals surface area contributed by atoms with E-state index in [9.17, 15) is 13.2 Å². The van der Waals surface area contributed by atoms with Gasteiger partial charge >= 0.3 is 6.18 Å². The Morgan fingerprint density at radius 3 is 2.06 bits per heavy atom. The van der Waals surface area contributed by atoms with Crippen LogP contribution in [0, 0.1) is 0 Å². The first-order valence-corrected chi connectivity index (χ1v) is 7.00. The Balaban J connectivity index is 1.85. The minimum atomic E-state index is -4.05. The average molecular weight is 262 g/mol. The van der Waals surface area contributed by atoms with Gasteiger partial charge in [0.25, 0.3) is 0 Å². The fourth-order valence-electron chi connectivity index (χ4n) is 4.12. The van der Waals surface area contributed by atoms with E-state index in [-0.39, 0.29) is 12.1 Å². The van der Waals surface area contributed by atoms with Gasteiger partial charge in [0, 0.05) is 18.1 Å². The fraction of sp³-hybridized carbons (Fsp3) is 1.00. The summed E-state index contributed by atoms with van der Waals surface area (Å²) < 4.78 is 39.9. The standard InChI is InChI=1S/C13H21F3N2/c1-17-9-7-10-3-2-4-11(8-9)18(10)12(5-6-12)13(14,15)16/h9-11,17H,2-8H2,1H3. The summed E-state index contributed by atoms with van der Waals surface area (Å²) in [6.45, 7) is 0. The molecule has 0 aromatic rings. The van der Waals surface area contributed by atoms with E-state index in [0.29, 0.717) is 18.9 Å². The smallest absolute Gasteiger partial charge is 0.317 e. The second kappa shape index (κ2) is 4.10. The number of hydrogen-bond acceptors (Lipinski definition) is 2. The van der Waals surface area contributed by atoms with E-state index in [4.69, 9.17) is 0 Å². The van der Waals surface area contributed by atoms with Crippen LogP contribution in [0.2, 0.25) is 0 Å². The highest BCUT2D eigenvalue weighted by Gasteiger charge is 2.69. The molecule has 1 saturated carbocycles. The van der Waals surface area contributed by atoms with Crippen LogP contribution in [-0.2, 0) is 0 Å². The Bertz CT molecular complexity index is 311. The molecule has 104 valence electrons. The quantitative estimate of drug-likeness (QED) is 0.823. The van der Waals surface area contributed by atoms with Gasteiger partial charge in [0.2, 0.25) is 0 Å². The van der Waals surface area contributed by atoms with Gasteiger partial charge in [0.1, 0.15) is 5.54 Å². The number of rotatable bonds is 2. The summed E-state index contributed by atoms with van der Waals surface area (Å²) in [6.07, 6.45) is 1.31. The topological polar surface area (TPSA) is 15.3 Å². The molecule has 2 unspecified atom stereocenters. The van der Waals surface area contributed by atoms with Gasteiger partial charge in [0.15, 0.2) is 0 Å². The van der Waals surface area contributed by atoms with Gasteiger partial charge in [-0.05, 0) is 45.6 Å². The molecule has 0 amide bonds. The molecule has 1 N–H and O–H groups in total. The summed E-state index contributed by atoms with van der Waals surface area (Å²) >= 11 is 0. The predicted octanol–water partition coefficient (Wildman–Crippen LogP) is 2.69. The van der Waals surface area contributed by atoms with Crippen LogP contribution in [0.3, 0.4) is 0 Å². The Labute approximate surface area is 106 Å². The molecule has 2 aliphatic heterocycles. The molecule has 1 aliphatic carbocycles. The highest BCUT2D eigenvalue weighted by Crippen LogP contribution is 2.58. The molecule has 3 aliphatic rings. The molecular formula is C13H21F3N2. The van der Waals surface area contributed by atoms with Crippen LogP contribution in [0.1, 0.15) is 44.9 Å². The van der Waals surface area contributed by atoms with E-state index < -0.39 is 11.7 Å². The molecule has 0 radical (unpaired) electrons. The lowest BCUT2D eigenvalue weighted by Crippen LogP contribution is -2.63. The van der Waals surface area contributed by atoms with Crippen molar-refractivity contribution >= 4 is 0 Å². The van der Waals surface area contributed by atoms with Gasteiger partial charge in [-0.3, -0.25) is 4.90 Å². The summed E-state index contributed by atoms with van der Waals surface area (Å²) in [5.74, 6) is 0. The minimum absolute atomic E-state index is 0.138. The molecule has 5 heteroatoms. The Morgan fingerprint density at radius 1 is 1.11 bits per heavy atom. The zero-order valence-electron chi connectivity index (χ0n) is 10.8. The van der Waals surface area contributed by atoms with Crippen LogP contribution in [-0.4, -0.2) is 41.8 Å². The van der Waals surface area contributed by atoms with Crippen molar-refractivity contribution < 1.29 is 13.2 Å². The highest BCUT2D eigenvalue weighted by molar-refractivity contribution is 5.15. The third kappa shape index (κ3) is 1.78. The third-order valence-corrected chi connectivity index (χ3v) is 5.13. The molecule has 2 atom stereocenters. The Morgan fingerprint density at radius 2 is 1.67 bits per heavy atom. The van der Waals surface area contributed by atoms with Crippen LogP contribution in [0.15, 0.2) is 0 Å². The molecule has 18 heavy (non-hydrogen) atoms. The summed E-state index contributed by atoms with van der Waals surface area (Å²) in [7, 11) is 1.92. The largest absolute Gasteiger partial charge is 0.406 e. The van der Waals surface area contributed by atoms with E-state index in [1.54, 1.807) is 0 Å². The maximum Gasteiger partial charge on any atom is 0.406 e. The predicted molar refractivity (Wildman–Crippen MR) is 63.4 cm³/mol. The number of alkyl halides is 3. The number of piperidine rings is 2. The lowest BCUT2D eigenvalue weighted by atomic mass is 9.80. The SMILES string of the molecule is CNC1CC2CCCC(C1)N2C1(C(F)(F)F)CC1. The monoisotopic (exact) mass is 262 g/mol. The highest BCUT2D eigenvalue weighted by atomic mass is 19.4. The van der Waals surface area contributed by atoms with Crippen molar-refractivity contribution in [2.24, 2.45) is 0 Å². The molecule has 2 heterocycles. The van der Waals surface area contributed by atoms with Crippen LogP contribution < -0.4 is 5.32 Å². The molecule has 3 fully saturated rings. The van der Waals surface area contributed by atoms with Gasteiger partial charge in [0.05, 0.1) is 0 Å². The van der Waals surface area contributed by atoms with Crippen molar-refractivity contribution in [1.29, 1.82) is 0 Å².